The lowest BCUT2D eigenvalue weighted by molar-refractivity contribution is -0.138. The van der Waals surface area contributed by atoms with Crippen LogP contribution >= 0.6 is 0 Å². The zero-order valence-corrected chi connectivity index (χ0v) is 10.6. The van der Waals surface area contributed by atoms with Crippen LogP contribution < -0.4 is 0 Å². The summed E-state index contributed by atoms with van der Waals surface area (Å²) in [5.41, 5.74) is 0.804. The van der Waals surface area contributed by atoms with Gasteiger partial charge in [-0.15, -0.1) is 0 Å². The molecule has 1 aromatic carbocycles. The van der Waals surface area contributed by atoms with Crippen LogP contribution in [0.2, 0.25) is 0 Å². The van der Waals surface area contributed by atoms with E-state index in [9.17, 15) is 13.2 Å². The van der Waals surface area contributed by atoms with Crippen LogP contribution in [0.5, 0.6) is 0 Å². The van der Waals surface area contributed by atoms with E-state index >= 15 is 0 Å². The lowest BCUT2D eigenvalue weighted by Gasteiger charge is -2.27. The number of piperidine rings is 1. The van der Waals surface area contributed by atoms with Gasteiger partial charge in [0.25, 0.3) is 0 Å². The Kier molecular flexibility index (Phi) is 3.95. The molecule has 4 heteroatoms. The van der Waals surface area contributed by atoms with Crippen molar-refractivity contribution in [2.75, 3.05) is 13.1 Å². The first-order valence-electron chi connectivity index (χ1n) is 6.36. The minimum atomic E-state index is -4.25. The molecule has 0 atom stereocenters. The summed E-state index contributed by atoms with van der Waals surface area (Å²) in [5, 5.41) is 0. The molecular formula is C14H18F3N. The van der Waals surface area contributed by atoms with Gasteiger partial charge in [0.05, 0.1) is 5.56 Å². The molecule has 0 aromatic heterocycles. The van der Waals surface area contributed by atoms with Gasteiger partial charge in [-0.3, -0.25) is 4.90 Å². The standard InChI is InChI=1S/C14H18F3N/c1-11-5-6-13(14(15,16)17)12(9-11)10-18-7-3-2-4-8-18/h5-6,9H,2-4,7-8,10H2,1H3. The Morgan fingerprint density at radius 2 is 1.78 bits per heavy atom. The zero-order valence-electron chi connectivity index (χ0n) is 10.6. The molecule has 1 fully saturated rings. The molecule has 0 saturated carbocycles. The smallest absolute Gasteiger partial charge is 0.299 e. The number of hydrogen-bond acceptors (Lipinski definition) is 1. The monoisotopic (exact) mass is 257 g/mol. The number of likely N-dealkylation sites (tertiary alicyclic amines) is 1. The van der Waals surface area contributed by atoms with Gasteiger partial charge in [-0.2, -0.15) is 13.2 Å². The van der Waals surface area contributed by atoms with Crippen molar-refractivity contribution in [3.63, 3.8) is 0 Å². The van der Waals surface area contributed by atoms with Crippen LogP contribution in [0.1, 0.15) is 36.0 Å². The molecule has 1 heterocycles. The Bertz CT molecular complexity index is 406. The molecule has 0 amide bonds. The van der Waals surface area contributed by atoms with E-state index in [0.717, 1.165) is 31.5 Å². The summed E-state index contributed by atoms with van der Waals surface area (Å²) in [6.07, 6.45) is -0.879. The summed E-state index contributed by atoms with van der Waals surface area (Å²) in [5.74, 6) is 0. The average molecular weight is 257 g/mol. The molecule has 0 bridgehead atoms. The van der Waals surface area contributed by atoms with Crippen molar-refractivity contribution >= 4 is 0 Å². The molecule has 1 aliphatic rings. The Morgan fingerprint density at radius 3 is 2.39 bits per heavy atom. The Morgan fingerprint density at radius 1 is 1.11 bits per heavy atom. The SMILES string of the molecule is Cc1ccc(C(F)(F)F)c(CN2CCCCC2)c1. The lowest BCUT2D eigenvalue weighted by atomic mass is 10.0. The first kappa shape index (κ1) is 13.4. The molecule has 1 aromatic rings. The van der Waals surface area contributed by atoms with Crippen molar-refractivity contribution in [1.82, 2.24) is 4.90 Å². The van der Waals surface area contributed by atoms with Crippen molar-refractivity contribution in [1.29, 1.82) is 0 Å². The minimum Gasteiger partial charge on any atom is -0.299 e. The maximum absolute atomic E-state index is 12.9. The summed E-state index contributed by atoms with van der Waals surface area (Å²) in [6.45, 7) is 4.06. The van der Waals surface area contributed by atoms with E-state index in [2.05, 4.69) is 4.90 Å². The highest BCUT2D eigenvalue weighted by atomic mass is 19.4. The van der Waals surface area contributed by atoms with E-state index in [-0.39, 0.29) is 0 Å². The van der Waals surface area contributed by atoms with Crippen molar-refractivity contribution < 1.29 is 13.2 Å². The third-order valence-electron chi connectivity index (χ3n) is 3.41. The van der Waals surface area contributed by atoms with Crippen molar-refractivity contribution in [2.24, 2.45) is 0 Å². The van der Waals surface area contributed by atoms with Gasteiger partial charge in [0.1, 0.15) is 0 Å². The van der Waals surface area contributed by atoms with Gasteiger partial charge in [0.15, 0.2) is 0 Å². The van der Waals surface area contributed by atoms with Gasteiger partial charge in [-0.25, -0.2) is 0 Å². The van der Waals surface area contributed by atoms with Crippen molar-refractivity contribution in [3.05, 3.63) is 34.9 Å². The maximum Gasteiger partial charge on any atom is 0.416 e. The van der Waals surface area contributed by atoms with Crippen molar-refractivity contribution in [2.45, 2.75) is 38.9 Å². The molecule has 1 nitrogen and oxygen atoms in total. The fraction of sp³-hybridized carbons (Fsp3) is 0.571. The number of hydrogen-bond donors (Lipinski definition) is 0. The van der Waals surface area contributed by atoms with Gasteiger partial charge in [-0.05, 0) is 44.5 Å². The van der Waals surface area contributed by atoms with Gasteiger partial charge in [-0.1, -0.05) is 24.1 Å². The summed E-state index contributed by atoms with van der Waals surface area (Å²) >= 11 is 0. The molecule has 0 unspecified atom stereocenters. The second-order valence-corrected chi connectivity index (χ2v) is 5.00. The molecule has 0 aliphatic carbocycles. The number of rotatable bonds is 2. The second-order valence-electron chi connectivity index (χ2n) is 5.00. The predicted molar refractivity (Wildman–Crippen MR) is 65.3 cm³/mol. The third kappa shape index (κ3) is 3.25. The quantitative estimate of drug-likeness (QED) is 0.774. The number of aryl methyl sites for hydroxylation is 1. The molecule has 1 saturated heterocycles. The lowest BCUT2D eigenvalue weighted by Crippen LogP contribution is -2.30. The van der Waals surface area contributed by atoms with E-state index in [1.807, 2.05) is 6.92 Å². The molecule has 0 radical (unpaired) electrons. The van der Waals surface area contributed by atoms with Gasteiger partial charge >= 0.3 is 6.18 Å². The average Bonchev–Trinajstić information content (AvgIpc) is 2.28. The number of halogens is 3. The maximum atomic E-state index is 12.9. The predicted octanol–water partition coefficient (Wildman–Crippen LogP) is 4.00. The Balaban J connectivity index is 2.21. The normalized spacial score (nSPS) is 18.0. The summed E-state index contributed by atoms with van der Waals surface area (Å²) in [6, 6.07) is 4.40. The van der Waals surface area contributed by atoms with Crippen LogP contribution in [-0.4, -0.2) is 18.0 Å². The van der Waals surface area contributed by atoms with Crippen molar-refractivity contribution in [3.8, 4) is 0 Å². The topological polar surface area (TPSA) is 3.24 Å². The highest BCUT2D eigenvalue weighted by Gasteiger charge is 2.33. The van der Waals surface area contributed by atoms with E-state index < -0.39 is 11.7 Å². The fourth-order valence-electron chi connectivity index (χ4n) is 2.49. The molecule has 0 N–H and O–H groups in total. The first-order valence-corrected chi connectivity index (χ1v) is 6.36. The van der Waals surface area contributed by atoms with Gasteiger partial charge in [0, 0.05) is 6.54 Å². The summed E-state index contributed by atoms with van der Waals surface area (Å²) in [7, 11) is 0. The Hall–Kier alpha value is -1.03. The third-order valence-corrected chi connectivity index (χ3v) is 3.41. The molecule has 0 spiro atoms. The van der Waals surface area contributed by atoms with E-state index in [0.29, 0.717) is 12.1 Å². The molecule has 2 rings (SSSR count). The summed E-state index contributed by atoms with van der Waals surface area (Å²) < 4.78 is 38.7. The number of benzene rings is 1. The van der Waals surface area contributed by atoms with Crippen LogP contribution in [-0.2, 0) is 12.7 Å². The highest BCUT2D eigenvalue weighted by Crippen LogP contribution is 2.33. The molecule has 1 aliphatic heterocycles. The molecular weight excluding hydrogens is 239 g/mol. The van der Waals surface area contributed by atoms with Gasteiger partial charge in [0.2, 0.25) is 0 Å². The van der Waals surface area contributed by atoms with Crippen LogP contribution in [0.25, 0.3) is 0 Å². The minimum absolute atomic E-state index is 0.407. The summed E-state index contributed by atoms with van der Waals surface area (Å²) in [4.78, 5) is 2.12. The fourth-order valence-corrected chi connectivity index (χ4v) is 2.49. The Labute approximate surface area is 106 Å². The van der Waals surface area contributed by atoms with E-state index in [1.165, 1.54) is 18.6 Å². The van der Waals surface area contributed by atoms with Crippen LogP contribution in [0.3, 0.4) is 0 Å². The number of nitrogens with zero attached hydrogens (tertiary/aromatic N) is 1. The zero-order chi connectivity index (χ0) is 13.2. The van der Waals surface area contributed by atoms with Crippen LogP contribution in [0, 0.1) is 6.92 Å². The van der Waals surface area contributed by atoms with Crippen LogP contribution in [0.4, 0.5) is 13.2 Å². The number of alkyl halides is 3. The molecule has 18 heavy (non-hydrogen) atoms. The van der Waals surface area contributed by atoms with Crippen LogP contribution in [0.15, 0.2) is 18.2 Å². The second kappa shape index (κ2) is 5.31. The molecule has 100 valence electrons. The highest BCUT2D eigenvalue weighted by molar-refractivity contribution is 5.33. The van der Waals surface area contributed by atoms with Gasteiger partial charge < -0.3 is 0 Å². The first-order chi connectivity index (χ1) is 8.47. The largest absolute Gasteiger partial charge is 0.416 e. The van der Waals surface area contributed by atoms with E-state index in [4.69, 9.17) is 0 Å². The van der Waals surface area contributed by atoms with E-state index in [1.54, 1.807) is 6.07 Å².